The summed E-state index contributed by atoms with van der Waals surface area (Å²) in [5, 5.41) is 0.596. The molecule has 0 saturated carbocycles. The lowest BCUT2D eigenvalue weighted by atomic mass is 10.2. The third-order valence-corrected chi connectivity index (χ3v) is 4.04. The van der Waals surface area contributed by atoms with Crippen LogP contribution in [0.2, 0.25) is 5.02 Å². The lowest BCUT2D eigenvalue weighted by Gasteiger charge is -2.21. The molecule has 2 aliphatic rings. The molecule has 2 amide bonds. The van der Waals surface area contributed by atoms with Crippen LogP contribution >= 0.6 is 11.6 Å². The summed E-state index contributed by atoms with van der Waals surface area (Å²) in [7, 11) is 0. The van der Waals surface area contributed by atoms with E-state index in [1.54, 1.807) is 24.3 Å². The van der Waals surface area contributed by atoms with Crippen molar-refractivity contribution in [1.29, 1.82) is 0 Å². The van der Waals surface area contributed by atoms with Crippen LogP contribution in [0.5, 0.6) is 0 Å². The zero-order chi connectivity index (χ0) is 13.4. The number of halogens is 1. The first kappa shape index (κ1) is 12.6. The number of hydrogen-bond donors (Lipinski definition) is 0. The lowest BCUT2D eigenvalue weighted by Crippen LogP contribution is -2.40. The van der Waals surface area contributed by atoms with Gasteiger partial charge in [0.2, 0.25) is 5.91 Å². The van der Waals surface area contributed by atoms with Crippen LogP contribution in [-0.2, 0) is 9.59 Å². The Kier molecular flexibility index (Phi) is 3.29. The van der Waals surface area contributed by atoms with Crippen molar-refractivity contribution in [1.82, 2.24) is 4.90 Å². The molecular formula is C14H15ClN2O2. The van der Waals surface area contributed by atoms with Gasteiger partial charge in [0.1, 0.15) is 0 Å². The number of carbonyl (C=O) groups excluding carboxylic acids is 2. The van der Waals surface area contributed by atoms with Gasteiger partial charge >= 0.3 is 0 Å². The molecule has 0 N–H and O–H groups in total. The summed E-state index contributed by atoms with van der Waals surface area (Å²) in [4.78, 5) is 27.9. The van der Waals surface area contributed by atoms with Crippen LogP contribution in [0.15, 0.2) is 24.3 Å². The van der Waals surface area contributed by atoms with E-state index in [0.29, 0.717) is 17.1 Å². The number of anilines is 1. The first-order valence-electron chi connectivity index (χ1n) is 6.53. The molecule has 4 nitrogen and oxygen atoms in total. The Morgan fingerprint density at radius 1 is 1.05 bits per heavy atom. The molecule has 1 atom stereocenters. The smallest absolute Gasteiger partial charge is 0.251 e. The maximum Gasteiger partial charge on any atom is 0.251 e. The van der Waals surface area contributed by atoms with E-state index >= 15 is 0 Å². The van der Waals surface area contributed by atoms with E-state index < -0.39 is 0 Å². The SMILES string of the molecule is O=C1C[C@@H](N2CCCC2)C(=O)N1c1ccc(Cl)cc1. The molecule has 0 unspecified atom stereocenters. The highest BCUT2D eigenvalue weighted by atomic mass is 35.5. The largest absolute Gasteiger partial charge is 0.292 e. The molecule has 100 valence electrons. The maximum atomic E-state index is 12.4. The van der Waals surface area contributed by atoms with Crippen molar-refractivity contribution < 1.29 is 9.59 Å². The summed E-state index contributed by atoms with van der Waals surface area (Å²) in [6, 6.07) is 6.54. The van der Waals surface area contributed by atoms with Crippen LogP contribution in [0.1, 0.15) is 19.3 Å². The van der Waals surface area contributed by atoms with E-state index in [9.17, 15) is 9.59 Å². The van der Waals surface area contributed by atoms with Crippen LogP contribution < -0.4 is 4.90 Å². The highest BCUT2D eigenvalue weighted by Gasteiger charge is 2.43. The van der Waals surface area contributed by atoms with E-state index in [-0.39, 0.29) is 17.9 Å². The number of imide groups is 1. The van der Waals surface area contributed by atoms with E-state index in [4.69, 9.17) is 11.6 Å². The minimum Gasteiger partial charge on any atom is -0.292 e. The third-order valence-electron chi connectivity index (χ3n) is 3.79. The summed E-state index contributed by atoms with van der Waals surface area (Å²) in [6.45, 7) is 1.83. The molecule has 1 aromatic carbocycles. The van der Waals surface area contributed by atoms with E-state index in [2.05, 4.69) is 4.90 Å². The first-order chi connectivity index (χ1) is 9.16. The summed E-state index contributed by atoms with van der Waals surface area (Å²) >= 11 is 5.83. The Hall–Kier alpha value is -1.39. The second kappa shape index (κ2) is 4.94. The van der Waals surface area contributed by atoms with Gasteiger partial charge in [-0.15, -0.1) is 0 Å². The van der Waals surface area contributed by atoms with Crippen molar-refractivity contribution in [3.05, 3.63) is 29.3 Å². The molecule has 5 heteroatoms. The number of carbonyl (C=O) groups is 2. The number of rotatable bonds is 2. The van der Waals surface area contributed by atoms with Gasteiger partial charge in [-0.25, -0.2) is 4.90 Å². The van der Waals surface area contributed by atoms with Crippen LogP contribution in [0.25, 0.3) is 0 Å². The summed E-state index contributed by atoms with van der Waals surface area (Å²) in [5.41, 5.74) is 0.612. The van der Waals surface area contributed by atoms with Gasteiger partial charge in [-0.2, -0.15) is 0 Å². The number of benzene rings is 1. The van der Waals surface area contributed by atoms with Gasteiger partial charge in [0.15, 0.2) is 0 Å². The molecule has 0 bridgehead atoms. The van der Waals surface area contributed by atoms with Crippen molar-refractivity contribution in [2.75, 3.05) is 18.0 Å². The molecule has 19 heavy (non-hydrogen) atoms. The van der Waals surface area contributed by atoms with Crippen LogP contribution in [0.4, 0.5) is 5.69 Å². The average Bonchev–Trinajstić information content (AvgIpc) is 3.00. The normalized spacial score (nSPS) is 24.5. The predicted octanol–water partition coefficient (Wildman–Crippen LogP) is 2.07. The summed E-state index contributed by atoms with van der Waals surface area (Å²) in [5.74, 6) is -0.224. The first-order valence-corrected chi connectivity index (χ1v) is 6.91. The Morgan fingerprint density at radius 2 is 1.68 bits per heavy atom. The van der Waals surface area contributed by atoms with E-state index in [1.807, 2.05) is 0 Å². The Balaban J connectivity index is 1.84. The number of hydrogen-bond acceptors (Lipinski definition) is 3. The zero-order valence-electron chi connectivity index (χ0n) is 10.5. The van der Waals surface area contributed by atoms with Crippen molar-refractivity contribution in [2.45, 2.75) is 25.3 Å². The molecule has 0 spiro atoms. The van der Waals surface area contributed by atoms with Gasteiger partial charge in [-0.05, 0) is 50.2 Å². The Morgan fingerprint density at radius 3 is 2.32 bits per heavy atom. The van der Waals surface area contributed by atoms with Crippen molar-refractivity contribution >= 4 is 29.1 Å². The molecule has 2 saturated heterocycles. The third kappa shape index (κ3) is 2.26. The van der Waals surface area contributed by atoms with Gasteiger partial charge in [0.05, 0.1) is 18.2 Å². The van der Waals surface area contributed by atoms with Crippen LogP contribution in [-0.4, -0.2) is 35.8 Å². The van der Waals surface area contributed by atoms with Gasteiger partial charge in [0, 0.05) is 5.02 Å². The zero-order valence-corrected chi connectivity index (χ0v) is 11.3. The van der Waals surface area contributed by atoms with Crippen LogP contribution in [0, 0.1) is 0 Å². The molecule has 2 aliphatic heterocycles. The standard InChI is InChI=1S/C14H15ClN2O2/c15-10-3-5-11(6-4-10)17-13(18)9-12(14(17)19)16-7-1-2-8-16/h3-6,12H,1-2,7-9H2/t12-/m1/s1. The quantitative estimate of drug-likeness (QED) is 0.778. The van der Waals surface area contributed by atoms with Crippen molar-refractivity contribution in [3.8, 4) is 0 Å². The second-order valence-corrected chi connectivity index (χ2v) is 5.44. The van der Waals surface area contributed by atoms with Gasteiger partial charge < -0.3 is 0 Å². The fourth-order valence-corrected chi connectivity index (χ4v) is 2.94. The molecule has 0 aromatic heterocycles. The predicted molar refractivity (Wildman–Crippen MR) is 73.2 cm³/mol. The average molecular weight is 279 g/mol. The monoisotopic (exact) mass is 278 g/mol. The Bertz CT molecular complexity index is 509. The molecule has 2 fully saturated rings. The fourth-order valence-electron chi connectivity index (χ4n) is 2.82. The highest BCUT2D eigenvalue weighted by molar-refractivity contribution is 6.30. The second-order valence-electron chi connectivity index (χ2n) is 5.01. The van der Waals surface area contributed by atoms with E-state index in [1.165, 1.54) is 4.90 Å². The molecule has 2 heterocycles. The summed E-state index contributed by atoms with van der Waals surface area (Å²) in [6.07, 6.45) is 2.51. The van der Waals surface area contributed by atoms with Gasteiger partial charge in [0.25, 0.3) is 5.91 Å². The van der Waals surface area contributed by atoms with Crippen molar-refractivity contribution in [3.63, 3.8) is 0 Å². The highest BCUT2D eigenvalue weighted by Crippen LogP contribution is 2.28. The lowest BCUT2D eigenvalue weighted by molar-refractivity contribution is -0.122. The minimum absolute atomic E-state index is 0.103. The fraction of sp³-hybridized carbons (Fsp3) is 0.429. The molecule has 0 aliphatic carbocycles. The Labute approximate surface area is 116 Å². The van der Waals surface area contributed by atoms with E-state index in [0.717, 1.165) is 25.9 Å². The molecular weight excluding hydrogens is 264 g/mol. The van der Waals surface area contributed by atoms with Gasteiger partial charge in [-0.3, -0.25) is 14.5 Å². The molecule has 3 rings (SSSR count). The number of likely N-dealkylation sites (tertiary alicyclic amines) is 1. The van der Waals surface area contributed by atoms with Crippen LogP contribution in [0.3, 0.4) is 0 Å². The van der Waals surface area contributed by atoms with Gasteiger partial charge in [-0.1, -0.05) is 11.6 Å². The molecule has 0 radical (unpaired) electrons. The maximum absolute atomic E-state index is 12.4. The summed E-state index contributed by atoms with van der Waals surface area (Å²) < 4.78 is 0. The minimum atomic E-state index is -0.273. The molecule has 1 aromatic rings. The number of amides is 2. The number of nitrogens with zero attached hydrogens (tertiary/aromatic N) is 2. The topological polar surface area (TPSA) is 40.6 Å². The van der Waals surface area contributed by atoms with Crippen molar-refractivity contribution in [2.24, 2.45) is 0 Å².